The second-order valence-electron chi connectivity index (χ2n) is 3.29. The first-order chi connectivity index (χ1) is 6.74. The van der Waals surface area contributed by atoms with Gasteiger partial charge in [-0.1, -0.05) is 37.3 Å². The third kappa shape index (κ3) is 3.21. The van der Waals surface area contributed by atoms with Crippen molar-refractivity contribution in [1.29, 1.82) is 0 Å². The number of carbonyl (C=O) groups is 1. The summed E-state index contributed by atoms with van der Waals surface area (Å²) < 4.78 is 5.24. The van der Waals surface area contributed by atoms with E-state index in [9.17, 15) is 4.79 Å². The maximum Gasteiger partial charge on any atom is 0.306 e. The Kier molecular flexibility index (Phi) is 4.17. The molecule has 1 rings (SSSR count). The third-order valence-electron chi connectivity index (χ3n) is 2.03. The van der Waals surface area contributed by atoms with Crippen molar-refractivity contribution in [3.63, 3.8) is 0 Å². The van der Waals surface area contributed by atoms with Crippen molar-refractivity contribution in [1.82, 2.24) is 0 Å². The van der Waals surface area contributed by atoms with Crippen LogP contribution in [0.25, 0.3) is 0 Å². The molecule has 0 aliphatic rings. The summed E-state index contributed by atoms with van der Waals surface area (Å²) in [7, 11) is 0. The maximum absolute atomic E-state index is 11.2. The van der Waals surface area contributed by atoms with Crippen LogP contribution >= 0.6 is 0 Å². The molecule has 0 bridgehead atoms. The molecule has 2 nitrogen and oxygen atoms in total. The van der Waals surface area contributed by atoms with Gasteiger partial charge in [0.05, 0.1) is 0 Å². The molecule has 0 spiro atoms. The van der Waals surface area contributed by atoms with Crippen LogP contribution in [0.15, 0.2) is 30.3 Å². The molecule has 0 fully saturated rings. The zero-order valence-corrected chi connectivity index (χ0v) is 8.69. The molecule has 0 unspecified atom stereocenters. The Labute approximate surface area is 84.9 Å². The van der Waals surface area contributed by atoms with Gasteiger partial charge >= 0.3 is 5.97 Å². The first-order valence-corrected chi connectivity index (χ1v) is 4.98. The SMILES string of the molecule is CCCC(=O)O[C@H](C)c1ccccc1. The number of esters is 1. The van der Waals surface area contributed by atoms with Gasteiger partial charge in [0.2, 0.25) is 0 Å². The molecule has 0 aromatic heterocycles. The van der Waals surface area contributed by atoms with Crippen LogP contribution in [0, 0.1) is 0 Å². The average molecular weight is 192 g/mol. The van der Waals surface area contributed by atoms with Gasteiger partial charge in [-0.15, -0.1) is 0 Å². The van der Waals surface area contributed by atoms with Crippen molar-refractivity contribution in [2.75, 3.05) is 0 Å². The van der Waals surface area contributed by atoms with Crippen LogP contribution in [0.3, 0.4) is 0 Å². The van der Waals surface area contributed by atoms with Crippen molar-refractivity contribution in [3.8, 4) is 0 Å². The van der Waals surface area contributed by atoms with Crippen LogP contribution in [-0.2, 0) is 9.53 Å². The quantitative estimate of drug-likeness (QED) is 0.685. The number of carbonyl (C=O) groups excluding carboxylic acids is 1. The summed E-state index contributed by atoms with van der Waals surface area (Å²) in [4.78, 5) is 11.2. The Morgan fingerprint density at radius 3 is 2.57 bits per heavy atom. The zero-order valence-electron chi connectivity index (χ0n) is 8.69. The fourth-order valence-electron chi connectivity index (χ4n) is 1.25. The van der Waals surface area contributed by atoms with Gasteiger partial charge in [-0.25, -0.2) is 0 Å². The Morgan fingerprint density at radius 1 is 1.36 bits per heavy atom. The second-order valence-corrected chi connectivity index (χ2v) is 3.29. The van der Waals surface area contributed by atoms with Crippen molar-refractivity contribution >= 4 is 5.97 Å². The molecule has 0 radical (unpaired) electrons. The highest BCUT2D eigenvalue weighted by molar-refractivity contribution is 5.69. The predicted molar refractivity (Wildman–Crippen MR) is 55.9 cm³/mol. The Hall–Kier alpha value is -1.31. The minimum absolute atomic E-state index is 0.121. The Morgan fingerprint density at radius 2 is 2.00 bits per heavy atom. The second kappa shape index (κ2) is 5.43. The minimum atomic E-state index is -0.143. The van der Waals surface area contributed by atoms with Gasteiger partial charge in [0.1, 0.15) is 6.10 Å². The summed E-state index contributed by atoms with van der Waals surface area (Å²) >= 11 is 0. The van der Waals surface area contributed by atoms with E-state index in [1.165, 1.54) is 0 Å². The topological polar surface area (TPSA) is 26.3 Å². The fourth-order valence-corrected chi connectivity index (χ4v) is 1.25. The molecular weight excluding hydrogens is 176 g/mol. The number of hydrogen-bond acceptors (Lipinski definition) is 2. The molecule has 0 heterocycles. The maximum atomic E-state index is 11.2. The van der Waals surface area contributed by atoms with Gasteiger partial charge in [-0.3, -0.25) is 4.79 Å². The monoisotopic (exact) mass is 192 g/mol. The summed E-state index contributed by atoms with van der Waals surface area (Å²) in [5, 5.41) is 0. The van der Waals surface area contributed by atoms with Gasteiger partial charge < -0.3 is 4.74 Å². The van der Waals surface area contributed by atoms with E-state index in [1.54, 1.807) is 0 Å². The van der Waals surface area contributed by atoms with Gasteiger partial charge in [-0.2, -0.15) is 0 Å². The lowest BCUT2D eigenvalue weighted by Gasteiger charge is -2.12. The van der Waals surface area contributed by atoms with Crippen LogP contribution in [0.1, 0.15) is 38.4 Å². The van der Waals surface area contributed by atoms with E-state index in [0.29, 0.717) is 6.42 Å². The molecule has 1 atom stereocenters. The van der Waals surface area contributed by atoms with E-state index in [2.05, 4.69) is 0 Å². The van der Waals surface area contributed by atoms with Crippen LogP contribution in [0.2, 0.25) is 0 Å². The van der Waals surface area contributed by atoms with Gasteiger partial charge in [0.15, 0.2) is 0 Å². The number of rotatable bonds is 4. The molecule has 14 heavy (non-hydrogen) atoms. The average Bonchev–Trinajstić information content (AvgIpc) is 2.19. The molecule has 2 heteroatoms. The molecular formula is C12H16O2. The summed E-state index contributed by atoms with van der Waals surface area (Å²) in [6, 6.07) is 9.76. The lowest BCUT2D eigenvalue weighted by Crippen LogP contribution is -2.07. The van der Waals surface area contributed by atoms with Crippen molar-refractivity contribution in [2.24, 2.45) is 0 Å². The molecule has 0 saturated heterocycles. The zero-order chi connectivity index (χ0) is 10.4. The number of hydrogen-bond donors (Lipinski definition) is 0. The lowest BCUT2D eigenvalue weighted by molar-refractivity contribution is -0.148. The van der Waals surface area contributed by atoms with Crippen molar-refractivity contribution in [3.05, 3.63) is 35.9 Å². The van der Waals surface area contributed by atoms with Crippen LogP contribution in [-0.4, -0.2) is 5.97 Å². The van der Waals surface area contributed by atoms with E-state index < -0.39 is 0 Å². The first-order valence-electron chi connectivity index (χ1n) is 4.98. The van der Waals surface area contributed by atoms with Crippen molar-refractivity contribution < 1.29 is 9.53 Å². The normalized spacial score (nSPS) is 12.1. The van der Waals surface area contributed by atoms with Crippen LogP contribution in [0.4, 0.5) is 0 Å². The Balaban J connectivity index is 2.50. The van der Waals surface area contributed by atoms with E-state index in [0.717, 1.165) is 12.0 Å². The molecule has 0 aliphatic carbocycles. The molecule has 0 N–H and O–H groups in total. The van der Waals surface area contributed by atoms with E-state index in [4.69, 9.17) is 4.74 Å². The highest BCUT2D eigenvalue weighted by Crippen LogP contribution is 2.16. The molecule has 0 saturated carbocycles. The molecule has 1 aromatic rings. The molecule has 0 aliphatic heterocycles. The summed E-state index contributed by atoms with van der Waals surface area (Å²) in [6.45, 7) is 3.86. The third-order valence-corrected chi connectivity index (χ3v) is 2.03. The summed E-state index contributed by atoms with van der Waals surface area (Å²) in [6.07, 6.45) is 1.19. The predicted octanol–water partition coefficient (Wildman–Crippen LogP) is 3.09. The highest BCUT2D eigenvalue weighted by Gasteiger charge is 2.09. The highest BCUT2D eigenvalue weighted by atomic mass is 16.5. The first kappa shape index (κ1) is 10.8. The smallest absolute Gasteiger partial charge is 0.306 e. The molecule has 0 amide bonds. The minimum Gasteiger partial charge on any atom is -0.458 e. The van der Waals surface area contributed by atoms with Gasteiger partial charge in [-0.05, 0) is 18.9 Å². The van der Waals surface area contributed by atoms with E-state index in [-0.39, 0.29) is 12.1 Å². The lowest BCUT2D eigenvalue weighted by atomic mass is 10.1. The van der Waals surface area contributed by atoms with Gasteiger partial charge in [0, 0.05) is 6.42 Å². The van der Waals surface area contributed by atoms with Crippen LogP contribution in [0.5, 0.6) is 0 Å². The van der Waals surface area contributed by atoms with Crippen molar-refractivity contribution in [2.45, 2.75) is 32.8 Å². The number of benzene rings is 1. The Bertz CT molecular complexity index is 280. The molecule has 76 valence electrons. The largest absolute Gasteiger partial charge is 0.458 e. The van der Waals surface area contributed by atoms with E-state index in [1.807, 2.05) is 44.2 Å². The van der Waals surface area contributed by atoms with E-state index >= 15 is 0 Å². The standard InChI is InChI=1S/C12H16O2/c1-3-7-12(13)14-10(2)11-8-5-4-6-9-11/h4-6,8-10H,3,7H2,1-2H3/t10-/m1/s1. The molecule has 1 aromatic carbocycles. The number of ether oxygens (including phenoxy) is 1. The fraction of sp³-hybridized carbons (Fsp3) is 0.417. The summed E-state index contributed by atoms with van der Waals surface area (Å²) in [5.74, 6) is -0.121. The summed E-state index contributed by atoms with van der Waals surface area (Å²) in [5.41, 5.74) is 1.04. The van der Waals surface area contributed by atoms with Crippen LogP contribution < -0.4 is 0 Å². The van der Waals surface area contributed by atoms with Gasteiger partial charge in [0.25, 0.3) is 0 Å².